The van der Waals surface area contributed by atoms with Crippen LogP contribution in [0.5, 0.6) is 0 Å². The number of benzene rings is 2. The monoisotopic (exact) mass is 445 g/mol. The number of imide groups is 1. The molecular weight excluding hydrogens is 414 g/mol. The SMILES string of the molecule is CCc1ccc2c(c1)C1(NC(CC(C)C)C3C(=O)N(CCc4ccccc4)C(=O)C31)C(=O)N2. The van der Waals surface area contributed by atoms with Crippen LogP contribution in [0.1, 0.15) is 43.9 Å². The second-order valence-electron chi connectivity index (χ2n) is 9.94. The van der Waals surface area contributed by atoms with Crippen LogP contribution >= 0.6 is 0 Å². The Labute approximate surface area is 194 Å². The molecule has 2 saturated heterocycles. The number of amides is 3. The first-order chi connectivity index (χ1) is 15.9. The molecule has 3 amide bonds. The van der Waals surface area contributed by atoms with E-state index in [2.05, 4.69) is 31.4 Å². The summed E-state index contributed by atoms with van der Waals surface area (Å²) < 4.78 is 0. The van der Waals surface area contributed by atoms with Gasteiger partial charge in [0.05, 0.1) is 11.8 Å². The summed E-state index contributed by atoms with van der Waals surface area (Å²) in [5.41, 5.74) is 2.53. The van der Waals surface area contributed by atoms with Crippen molar-refractivity contribution in [3.8, 4) is 0 Å². The zero-order valence-electron chi connectivity index (χ0n) is 19.4. The maximum atomic E-state index is 13.8. The minimum absolute atomic E-state index is 0.149. The number of hydrogen-bond donors (Lipinski definition) is 2. The summed E-state index contributed by atoms with van der Waals surface area (Å²) in [7, 11) is 0. The zero-order valence-corrected chi connectivity index (χ0v) is 19.4. The molecule has 1 spiro atoms. The Morgan fingerprint density at radius 1 is 1.00 bits per heavy atom. The third-order valence-corrected chi connectivity index (χ3v) is 7.47. The van der Waals surface area contributed by atoms with Gasteiger partial charge >= 0.3 is 0 Å². The van der Waals surface area contributed by atoms with E-state index < -0.39 is 17.4 Å². The molecule has 3 aliphatic rings. The van der Waals surface area contributed by atoms with E-state index in [-0.39, 0.29) is 23.8 Å². The Balaban J connectivity index is 1.55. The summed E-state index contributed by atoms with van der Waals surface area (Å²) in [6.45, 7) is 6.62. The molecule has 0 aliphatic carbocycles. The average molecular weight is 446 g/mol. The molecule has 4 atom stereocenters. The van der Waals surface area contributed by atoms with E-state index in [1.165, 1.54) is 4.90 Å². The minimum Gasteiger partial charge on any atom is -0.324 e. The van der Waals surface area contributed by atoms with Crippen LogP contribution in [0, 0.1) is 17.8 Å². The van der Waals surface area contributed by atoms with E-state index in [1.54, 1.807) is 0 Å². The van der Waals surface area contributed by atoms with Crippen LogP contribution in [0.4, 0.5) is 5.69 Å². The van der Waals surface area contributed by atoms with Gasteiger partial charge in [0.25, 0.3) is 0 Å². The molecule has 0 radical (unpaired) electrons. The Kier molecular flexibility index (Phi) is 5.36. The van der Waals surface area contributed by atoms with Crippen molar-refractivity contribution in [1.29, 1.82) is 0 Å². The van der Waals surface area contributed by atoms with Gasteiger partial charge in [0.1, 0.15) is 5.54 Å². The van der Waals surface area contributed by atoms with E-state index in [1.807, 2.05) is 48.5 Å². The first-order valence-corrected chi connectivity index (χ1v) is 12.0. The lowest BCUT2D eigenvalue weighted by Crippen LogP contribution is -2.53. The molecule has 0 aromatic heterocycles. The van der Waals surface area contributed by atoms with Crippen LogP contribution in [0.3, 0.4) is 0 Å². The summed E-state index contributed by atoms with van der Waals surface area (Å²) in [6.07, 6.45) is 2.16. The number of fused-ring (bicyclic) bond motifs is 4. The van der Waals surface area contributed by atoms with Crippen LogP contribution in [0.15, 0.2) is 48.5 Å². The second-order valence-corrected chi connectivity index (χ2v) is 9.94. The molecule has 2 aromatic carbocycles. The predicted octanol–water partition coefficient (Wildman–Crippen LogP) is 3.26. The molecule has 172 valence electrons. The van der Waals surface area contributed by atoms with Crippen LogP contribution in [0.25, 0.3) is 0 Å². The number of anilines is 1. The highest BCUT2D eigenvalue weighted by Crippen LogP contribution is 2.53. The van der Waals surface area contributed by atoms with Crippen molar-refractivity contribution in [1.82, 2.24) is 10.2 Å². The van der Waals surface area contributed by atoms with Gasteiger partial charge in [-0.15, -0.1) is 0 Å². The van der Waals surface area contributed by atoms with Crippen molar-refractivity contribution in [2.24, 2.45) is 17.8 Å². The van der Waals surface area contributed by atoms with Crippen molar-refractivity contribution < 1.29 is 14.4 Å². The highest BCUT2D eigenvalue weighted by molar-refractivity contribution is 6.15. The number of hydrogen-bond acceptors (Lipinski definition) is 4. The van der Waals surface area contributed by atoms with E-state index in [0.717, 1.165) is 35.2 Å². The van der Waals surface area contributed by atoms with Gasteiger partial charge in [0.2, 0.25) is 17.7 Å². The second kappa shape index (κ2) is 8.10. The average Bonchev–Trinajstić information content (AvgIpc) is 3.37. The predicted molar refractivity (Wildman–Crippen MR) is 126 cm³/mol. The fourth-order valence-electron chi connectivity index (χ4n) is 5.94. The molecular formula is C27H31N3O3. The quantitative estimate of drug-likeness (QED) is 0.669. The molecule has 2 fully saturated rings. The van der Waals surface area contributed by atoms with Crippen LogP contribution in [-0.2, 0) is 32.8 Å². The summed E-state index contributed by atoms with van der Waals surface area (Å²) in [5.74, 6) is -1.53. The normalized spacial score (nSPS) is 28.1. The lowest BCUT2D eigenvalue weighted by molar-refractivity contribution is -0.142. The maximum Gasteiger partial charge on any atom is 0.250 e. The van der Waals surface area contributed by atoms with Crippen LogP contribution < -0.4 is 10.6 Å². The first kappa shape index (κ1) is 21.8. The number of rotatable bonds is 6. The number of nitrogens with zero attached hydrogens (tertiary/aromatic N) is 1. The van der Waals surface area contributed by atoms with E-state index in [4.69, 9.17) is 0 Å². The third-order valence-electron chi connectivity index (χ3n) is 7.47. The van der Waals surface area contributed by atoms with Gasteiger partial charge in [-0.3, -0.25) is 24.6 Å². The van der Waals surface area contributed by atoms with Gasteiger partial charge in [-0.05, 0) is 42.4 Å². The lowest BCUT2D eigenvalue weighted by atomic mass is 9.75. The number of nitrogens with one attached hydrogen (secondary N) is 2. The summed E-state index contributed by atoms with van der Waals surface area (Å²) in [5, 5.41) is 6.52. The molecule has 0 saturated carbocycles. The summed E-state index contributed by atoms with van der Waals surface area (Å²) in [6, 6.07) is 15.6. The van der Waals surface area contributed by atoms with Gasteiger partial charge in [0, 0.05) is 23.8 Å². The largest absolute Gasteiger partial charge is 0.324 e. The van der Waals surface area contributed by atoms with Crippen molar-refractivity contribution >= 4 is 23.4 Å². The van der Waals surface area contributed by atoms with Gasteiger partial charge < -0.3 is 5.32 Å². The van der Waals surface area contributed by atoms with Gasteiger partial charge in [-0.25, -0.2) is 0 Å². The Bertz CT molecular complexity index is 1110. The van der Waals surface area contributed by atoms with Gasteiger partial charge in [-0.1, -0.05) is 63.2 Å². The molecule has 6 nitrogen and oxygen atoms in total. The molecule has 2 N–H and O–H groups in total. The molecule has 0 bridgehead atoms. The fraction of sp³-hybridized carbons (Fsp3) is 0.444. The Morgan fingerprint density at radius 2 is 1.76 bits per heavy atom. The van der Waals surface area contributed by atoms with Crippen molar-refractivity contribution in [3.05, 3.63) is 65.2 Å². The number of carbonyl (C=O) groups excluding carboxylic acids is 3. The lowest BCUT2D eigenvalue weighted by Gasteiger charge is -2.30. The Hall–Kier alpha value is -2.99. The fourth-order valence-corrected chi connectivity index (χ4v) is 5.94. The van der Waals surface area contributed by atoms with Crippen molar-refractivity contribution in [2.45, 2.75) is 51.6 Å². The third kappa shape index (κ3) is 3.31. The van der Waals surface area contributed by atoms with Crippen LogP contribution in [-0.4, -0.2) is 35.2 Å². The number of carbonyl (C=O) groups is 3. The molecule has 3 aliphatic heterocycles. The summed E-state index contributed by atoms with van der Waals surface area (Å²) in [4.78, 5) is 42.4. The van der Waals surface area contributed by atoms with Crippen molar-refractivity contribution in [3.63, 3.8) is 0 Å². The standard InChI is InChI=1S/C27H31N3O3/c1-4-17-10-11-20-19(15-17)27(26(33)28-20)23-22(21(29-27)14-16(2)3)24(31)30(25(23)32)13-12-18-8-6-5-7-9-18/h5-11,15-16,21-23,29H,4,12-14H2,1-3H3,(H,28,33). The topological polar surface area (TPSA) is 78.5 Å². The minimum atomic E-state index is -1.20. The zero-order chi connectivity index (χ0) is 23.3. The molecule has 6 heteroatoms. The molecule has 3 heterocycles. The maximum absolute atomic E-state index is 13.8. The molecule has 5 rings (SSSR count). The van der Waals surface area contributed by atoms with Crippen LogP contribution in [0.2, 0.25) is 0 Å². The van der Waals surface area contributed by atoms with E-state index >= 15 is 0 Å². The van der Waals surface area contributed by atoms with Gasteiger partial charge in [0.15, 0.2) is 0 Å². The Morgan fingerprint density at radius 3 is 2.45 bits per heavy atom. The highest BCUT2D eigenvalue weighted by atomic mass is 16.2. The molecule has 4 unspecified atom stereocenters. The number of aryl methyl sites for hydroxylation is 1. The highest BCUT2D eigenvalue weighted by Gasteiger charge is 2.70. The molecule has 2 aromatic rings. The van der Waals surface area contributed by atoms with E-state index in [9.17, 15) is 14.4 Å². The van der Waals surface area contributed by atoms with Crippen molar-refractivity contribution in [2.75, 3.05) is 11.9 Å². The first-order valence-electron chi connectivity index (χ1n) is 12.0. The smallest absolute Gasteiger partial charge is 0.250 e. The van der Waals surface area contributed by atoms with E-state index in [0.29, 0.717) is 18.9 Å². The summed E-state index contributed by atoms with van der Waals surface area (Å²) >= 11 is 0. The molecule has 33 heavy (non-hydrogen) atoms. The number of likely N-dealkylation sites (tertiary alicyclic amines) is 1. The van der Waals surface area contributed by atoms with Gasteiger partial charge in [-0.2, -0.15) is 0 Å².